The Morgan fingerprint density at radius 1 is 1.23 bits per heavy atom. The zero-order valence-electron chi connectivity index (χ0n) is 5.94. The molecular formula is C7H2Br2F2O2. The minimum Gasteiger partial charge on any atom is -0.478 e. The average molecular weight is 316 g/mol. The molecule has 0 heterocycles. The summed E-state index contributed by atoms with van der Waals surface area (Å²) in [7, 11) is 0. The molecular weight excluding hydrogens is 314 g/mol. The van der Waals surface area contributed by atoms with Crippen molar-refractivity contribution in [1.82, 2.24) is 0 Å². The van der Waals surface area contributed by atoms with Crippen molar-refractivity contribution in [2.45, 2.75) is 0 Å². The van der Waals surface area contributed by atoms with E-state index in [0.717, 1.165) is 0 Å². The summed E-state index contributed by atoms with van der Waals surface area (Å²) in [6.07, 6.45) is 0. The lowest BCUT2D eigenvalue weighted by molar-refractivity contribution is 0.0693. The summed E-state index contributed by atoms with van der Waals surface area (Å²) in [6, 6.07) is 0.598. The molecule has 6 heteroatoms. The molecule has 13 heavy (non-hydrogen) atoms. The molecule has 0 unspecified atom stereocenters. The van der Waals surface area contributed by atoms with Gasteiger partial charge in [-0.1, -0.05) is 0 Å². The first-order valence-electron chi connectivity index (χ1n) is 3.01. The van der Waals surface area contributed by atoms with E-state index in [4.69, 9.17) is 5.11 Å². The van der Waals surface area contributed by atoms with Gasteiger partial charge in [0.2, 0.25) is 0 Å². The number of carbonyl (C=O) groups is 1. The molecule has 0 atom stereocenters. The normalized spacial score (nSPS) is 10.2. The Kier molecular flexibility index (Phi) is 3.02. The number of rotatable bonds is 1. The largest absolute Gasteiger partial charge is 0.478 e. The van der Waals surface area contributed by atoms with Crippen LogP contribution in [0.15, 0.2) is 15.0 Å². The lowest BCUT2D eigenvalue weighted by Crippen LogP contribution is -2.03. The van der Waals surface area contributed by atoms with Crippen LogP contribution in [0.3, 0.4) is 0 Å². The average Bonchev–Trinajstić information content (AvgIpc) is 2.01. The Bertz CT molecular complexity index is 353. The number of carboxylic acid groups (broad SMARTS) is 1. The van der Waals surface area contributed by atoms with Gasteiger partial charge in [0.1, 0.15) is 11.6 Å². The van der Waals surface area contributed by atoms with E-state index in [1.54, 1.807) is 0 Å². The van der Waals surface area contributed by atoms with Crippen molar-refractivity contribution in [3.8, 4) is 0 Å². The molecule has 1 N–H and O–H groups in total. The van der Waals surface area contributed by atoms with Gasteiger partial charge < -0.3 is 5.11 Å². The van der Waals surface area contributed by atoms with Gasteiger partial charge in [-0.05, 0) is 31.9 Å². The standard InChI is InChI=1S/C7H2Br2F2O2/c8-5-2(10)1-3(11)6(9)4(5)7(12)13/h1H,(H,12,13). The fourth-order valence-corrected chi connectivity index (χ4v) is 1.99. The van der Waals surface area contributed by atoms with Crippen molar-refractivity contribution >= 4 is 37.8 Å². The van der Waals surface area contributed by atoms with E-state index < -0.39 is 23.2 Å². The monoisotopic (exact) mass is 314 g/mol. The Morgan fingerprint density at radius 3 is 1.92 bits per heavy atom. The topological polar surface area (TPSA) is 37.3 Å². The Balaban J connectivity index is 3.56. The molecule has 0 radical (unpaired) electrons. The van der Waals surface area contributed by atoms with Gasteiger partial charge in [0.25, 0.3) is 0 Å². The zero-order valence-corrected chi connectivity index (χ0v) is 9.12. The fourth-order valence-electron chi connectivity index (χ4n) is 0.761. The van der Waals surface area contributed by atoms with Gasteiger partial charge in [-0.25, -0.2) is 13.6 Å². The first-order valence-corrected chi connectivity index (χ1v) is 4.60. The molecule has 0 aliphatic heterocycles. The summed E-state index contributed by atoms with van der Waals surface area (Å²) in [5, 5.41) is 8.60. The molecule has 0 aliphatic rings. The van der Waals surface area contributed by atoms with Gasteiger partial charge in [-0.15, -0.1) is 0 Å². The SMILES string of the molecule is O=C(O)c1c(Br)c(F)cc(F)c1Br. The van der Waals surface area contributed by atoms with E-state index in [0.29, 0.717) is 6.07 Å². The third-order valence-electron chi connectivity index (χ3n) is 1.33. The molecule has 0 bridgehead atoms. The Hall–Kier alpha value is -0.490. The van der Waals surface area contributed by atoms with E-state index in [2.05, 4.69) is 31.9 Å². The van der Waals surface area contributed by atoms with Crippen molar-refractivity contribution in [2.75, 3.05) is 0 Å². The quantitative estimate of drug-likeness (QED) is 0.808. The summed E-state index contributed by atoms with van der Waals surface area (Å²) >= 11 is 5.43. The van der Waals surface area contributed by atoms with Crippen LogP contribution in [0.4, 0.5) is 8.78 Å². The van der Waals surface area contributed by atoms with E-state index in [-0.39, 0.29) is 8.95 Å². The van der Waals surface area contributed by atoms with Crippen molar-refractivity contribution in [3.05, 3.63) is 32.2 Å². The number of aromatic carboxylic acids is 1. The van der Waals surface area contributed by atoms with E-state index in [1.165, 1.54) is 0 Å². The van der Waals surface area contributed by atoms with Crippen LogP contribution in [0, 0.1) is 11.6 Å². The summed E-state index contributed by atoms with van der Waals surface area (Å²) in [6.45, 7) is 0. The van der Waals surface area contributed by atoms with Crippen molar-refractivity contribution < 1.29 is 18.7 Å². The molecule has 0 aliphatic carbocycles. The molecule has 70 valence electrons. The van der Waals surface area contributed by atoms with E-state index >= 15 is 0 Å². The van der Waals surface area contributed by atoms with E-state index in [1.807, 2.05) is 0 Å². The van der Waals surface area contributed by atoms with Gasteiger partial charge in [0, 0.05) is 6.07 Å². The summed E-state index contributed by atoms with van der Waals surface area (Å²) in [5.74, 6) is -3.30. The molecule has 0 aromatic heterocycles. The van der Waals surface area contributed by atoms with Gasteiger partial charge in [-0.2, -0.15) is 0 Å². The first-order chi connectivity index (χ1) is 5.95. The molecule has 0 amide bonds. The van der Waals surface area contributed by atoms with Crippen molar-refractivity contribution in [2.24, 2.45) is 0 Å². The third kappa shape index (κ3) is 1.88. The van der Waals surface area contributed by atoms with E-state index in [9.17, 15) is 13.6 Å². The van der Waals surface area contributed by atoms with Crippen molar-refractivity contribution in [1.29, 1.82) is 0 Å². The van der Waals surface area contributed by atoms with Crippen LogP contribution in [0.1, 0.15) is 10.4 Å². The summed E-state index contributed by atoms with van der Waals surface area (Å²) < 4.78 is 25.1. The predicted octanol–water partition coefficient (Wildman–Crippen LogP) is 3.19. The Morgan fingerprint density at radius 2 is 1.62 bits per heavy atom. The lowest BCUT2D eigenvalue weighted by atomic mass is 10.2. The second-order valence-electron chi connectivity index (χ2n) is 2.15. The highest BCUT2D eigenvalue weighted by molar-refractivity contribution is 9.11. The summed E-state index contributed by atoms with van der Waals surface area (Å²) in [5.41, 5.74) is -0.461. The van der Waals surface area contributed by atoms with Crippen LogP contribution in [-0.4, -0.2) is 11.1 Å². The highest BCUT2D eigenvalue weighted by Crippen LogP contribution is 2.30. The minimum atomic E-state index is -1.41. The number of halogens is 4. The second-order valence-corrected chi connectivity index (χ2v) is 3.73. The van der Waals surface area contributed by atoms with Crippen LogP contribution < -0.4 is 0 Å². The number of hydrogen-bond donors (Lipinski definition) is 1. The third-order valence-corrected chi connectivity index (χ3v) is 2.88. The van der Waals surface area contributed by atoms with Crippen LogP contribution in [0.5, 0.6) is 0 Å². The van der Waals surface area contributed by atoms with Gasteiger partial charge in [0.05, 0.1) is 14.5 Å². The molecule has 0 saturated heterocycles. The molecule has 0 fully saturated rings. The van der Waals surface area contributed by atoms with Gasteiger partial charge in [0.15, 0.2) is 0 Å². The zero-order chi connectivity index (χ0) is 10.2. The highest BCUT2D eigenvalue weighted by atomic mass is 79.9. The van der Waals surface area contributed by atoms with Crippen molar-refractivity contribution in [3.63, 3.8) is 0 Å². The Labute approximate surface area is 88.8 Å². The fraction of sp³-hybridized carbons (Fsp3) is 0. The number of hydrogen-bond acceptors (Lipinski definition) is 1. The van der Waals surface area contributed by atoms with Crippen LogP contribution in [0.2, 0.25) is 0 Å². The number of benzene rings is 1. The molecule has 1 aromatic carbocycles. The maximum atomic E-state index is 12.8. The van der Waals surface area contributed by atoms with Gasteiger partial charge >= 0.3 is 5.97 Å². The molecule has 1 rings (SSSR count). The molecule has 0 spiro atoms. The second kappa shape index (κ2) is 3.71. The van der Waals surface area contributed by atoms with Crippen LogP contribution in [-0.2, 0) is 0 Å². The highest BCUT2D eigenvalue weighted by Gasteiger charge is 2.20. The first kappa shape index (κ1) is 10.6. The van der Waals surface area contributed by atoms with Gasteiger partial charge in [-0.3, -0.25) is 0 Å². The van der Waals surface area contributed by atoms with Crippen LogP contribution >= 0.6 is 31.9 Å². The minimum absolute atomic E-state index is 0.270. The lowest BCUT2D eigenvalue weighted by Gasteiger charge is -2.04. The predicted molar refractivity (Wildman–Crippen MR) is 48.7 cm³/mol. The number of carboxylic acids is 1. The molecule has 1 aromatic rings. The summed E-state index contributed by atoms with van der Waals surface area (Å²) in [4.78, 5) is 10.6. The maximum Gasteiger partial charge on any atom is 0.338 e. The molecule has 0 saturated carbocycles. The maximum absolute atomic E-state index is 12.8. The smallest absolute Gasteiger partial charge is 0.338 e. The van der Waals surface area contributed by atoms with Crippen LogP contribution in [0.25, 0.3) is 0 Å². The molecule has 2 nitrogen and oxygen atoms in total.